The molecule has 1 unspecified atom stereocenters. The number of piperazine rings is 1. The van der Waals surface area contributed by atoms with E-state index in [-0.39, 0.29) is 0 Å². The van der Waals surface area contributed by atoms with Gasteiger partial charge in [-0.3, -0.25) is 0 Å². The van der Waals surface area contributed by atoms with Gasteiger partial charge < -0.3 is 5.32 Å². The number of nitrogens with one attached hydrogen (secondary N) is 1. The lowest BCUT2D eigenvalue weighted by Crippen LogP contribution is -2.38. The molecule has 9 heavy (non-hydrogen) atoms. The third-order valence-electron chi connectivity index (χ3n) is 2.56. The first kappa shape index (κ1) is 6.37. The van der Waals surface area contributed by atoms with Crippen LogP contribution in [0, 0.1) is 5.92 Å². The maximum Gasteiger partial charge on any atom is 0.0360 e. The monoisotopic (exact) mass is 238 g/mol. The largest absolute Gasteiger partial charge is 0.311 e. The van der Waals surface area contributed by atoms with Gasteiger partial charge in [0.15, 0.2) is 0 Å². The Morgan fingerprint density at radius 1 is 1.67 bits per heavy atom. The van der Waals surface area contributed by atoms with Gasteiger partial charge in [0, 0.05) is 48.0 Å². The molecule has 0 amide bonds. The Bertz CT molecular complexity index is 128. The van der Waals surface area contributed by atoms with Crippen molar-refractivity contribution in [2.45, 2.75) is 19.0 Å². The van der Waals surface area contributed by atoms with E-state index in [9.17, 15) is 0 Å². The van der Waals surface area contributed by atoms with E-state index in [1.165, 1.54) is 13.1 Å². The molecule has 0 spiro atoms. The lowest BCUT2D eigenvalue weighted by Gasteiger charge is -2.19. The van der Waals surface area contributed by atoms with E-state index < -0.39 is 0 Å². The first-order valence-corrected chi connectivity index (χ1v) is 4.41. The summed E-state index contributed by atoms with van der Waals surface area (Å²) in [7, 11) is 0. The highest BCUT2D eigenvalue weighted by Gasteiger charge is 2.42. The Morgan fingerprint density at radius 3 is 2.67 bits per heavy atom. The summed E-state index contributed by atoms with van der Waals surface area (Å²) in [5, 5.41) is 3.49. The third kappa shape index (κ3) is 0.816. The Morgan fingerprint density at radius 2 is 2.44 bits per heavy atom. The summed E-state index contributed by atoms with van der Waals surface area (Å²) < 4.78 is 2.43. The maximum absolute atomic E-state index is 3.49. The highest BCUT2D eigenvalue weighted by molar-refractivity contribution is 14.1. The van der Waals surface area contributed by atoms with Gasteiger partial charge in [0.25, 0.3) is 0 Å². The summed E-state index contributed by atoms with van der Waals surface area (Å²) in [6.07, 6.45) is 0. The standard InChI is InChI=1S/C6H11IN2/c1-4-5-3-9(7)6(4)2-8-5/h4-6,8H,2-3H2,1H3/t4-,5-,6?/m0/s1. The fraction of sp³-hybridized carbons (Fsp3) is 1.00. The van der Waals surface area contributed by atoms with Crippen molar-refractivity contribution in [1.29, 1.82) is 0 Å². The molecule has 0 radical (unpaired) electrons. The minimum absolute atomic E-state index is 0.784. The molecule has 2 rings (SSSR count). The zero-order valence-corrected chi connectivity index (χ0v) is 7.63. The van der Waals surface area contributed by atoms with Crippen LogP contribution in [0.5, 0.6) is 0 Å². The molecular formula is C6H11IN2. The third-order valence-corrected chi connectivity index (χ3v) is 3.67. The van der Waals surface area contributed by atoms with Gasteiger partial charge in [0.1, 0.15) is 0 Å². The zero-order valence-electron chi connectivity index (χ0n) is 5.47. The average Bonchev–Trinajstić information content (AvgIpc) is 2.25. The molecule has 1 N–H and O–H groups in total. The molecule has 2 saturated heterocycles. The molecule has 52 valence electrons. The predicted octanol–water partition coefficient (Wildman–Crippen LogP) is 0.629. The Hall–Kier alpha value is 0.650. The van der Waals surface area contributed by atoms with Gasteiger partial charge in [-0.15, -0.1) is 0 Å². The van der Waals surface area contributed by atoms with Crippen LogP contribution in [-0.2, 0) is 0 Å². The summed E-state index contributed by atoms with van der Waals surface area (Å²) in [6.45, 7) is 4.79. The van der Waals surface area contributed by atoms with Gasteiger partial charge >= 0.3 is 0 Å². The molecule has 0 aliphatic carbocycles. The summed E-state index contributed by atoms with van der Waals surface area (Å²) in [4.78, 5) is 0. The SMILES string of the molecule is C[C@@H]1C2CN[C@H]1CN2I. The molecule has 0 saturated carbocycles. The smallest absolute Gasteiger partial charge is 0.0360 e. The summed E-state index contributed by atoms with van der Waals surface area (Å²) in [5.74, 6) is 0.877. The minimum atomic E-state index is 0.784. The molecule has 3 atom stereocenters. The van der Waals surface area contributed by atoms with Gasteiger partial charge in [-0.05, 0) is 5.92 Å². The Kier molecular flexibility index (Phi) is 1.46. The lowest BCUT2D eigenvalue weighted by molar-refractivity contribution is 0.406. The molecule has 2 aliphatic heterocycles. The van der Waals surface area contributed by atoms with E-state index in [1.807, 2.05) is 0 Å². The van der Waals surface area contributed by atoms with Crippen LogP contribution >= 0.6 is 22.9 Å². The van der Waals surface area contributed by atoms with Crippen molar-refractivity contribution in [2.24, 2.45) is 5.92 Å². The molecule has 0 aromatic carbocycles. The van der Waals surface area contributed by atoms with E-state index in [2.05, 4.69) is 38.2 Å². The van der Waals surface area contributed by atoms with Crippen molar-refractivity contribution in [3.05, 3.63) is 0 Å². The van der Waals surface area contributed by atoms with Gasteiger partial charge in [-0.25, -0.2) is 3.11 Å². The normalized spacial score (nSPS) is 50.7. The highest BCUT2D eigenvalue weighted by Crippen LogP contribution is 2.31. The molecule has 2 fully saturated rings. The van der Waals surface area contributed by atoms with Gasteiger partial charge in [0.2, 0.25) is 0 Å². The molecule has 2 bridgehead atoms. The van der Waals surface area contributed by atoms with Crippen molar-refractivity contribution in [2.75, 3.05) is 13.1 Å². The fourth-order valence-corrected chi connectivity index (χ4v) is 2.95. The van der Waals surface area contributed by atoms with Gasteiger partial charge in [-0.2, -0.15) is 0 Å². The van der Waals surface area contributed by atoms with Gasteiger partial charge in [-0.1, -0.05) is 6.92 Å². The van der Waals surface area contributed by atoms with Crippen LogP contribution in [0.4, 0.5) is 0 Å². The fourth-order valence-electron chi connectivity index (χ4n) is 1.82. The molecule has 2 nitrogen and oxygen atoms in total. The second-order valence-electron chi connectivity index (χ2n) is 3.02. The second-order valence-corrected chi connectivity index (χ2v) is 4.26. The van der Waals surface area contributed by atoms with E-state index in [1.54, 1.807) is 0 Å². The number of hydrogen-bond donors (Lipinski definition) is 1. The first-order valence-electron chi connectivity index (χ1n) is 3.45. The number of nitrogens with zero attached hydrogens (tertiary/aromatic N) is 1. The molecule has 0 aromatic rings. The maximum atomic E-state index is 3.49. The van der Waals surface area contributed by atoms with Gasteiger partial charge in [0.05, 0.1) is 0 Å². The zero-order chi connectivity index (χ0) is 6.43. The summed E-state index contributed by atoms with van der Waals surface area (Å²) in [6, 6.07) is 1.60. The van der Waals surface area contributed by atoms with Crippen LogP contribution < -0.4 is 5.32 Å². The highest BCUT2D eigenvalue weighted by atomic mass is 127. The molecule has 3 heteroatoms. The van der Waals surface area contributed by atoms with Crippen molar-refractivity contribution in [1.82, 2.24) is 8.43 Å². The molecule has 2 aliphatic rings. The van der Waals surface area contributed by atoms with Crippen LogP contribution in [0.2, 0.25) is 0 Å². The number of fused-ring (bicyclic) bond motifs is 2. The summed E-state index contributed by atoms with van der Waals surface area (Å²) >= 11 is 2.43. The number of hydrogen-bond acceptors (Lipinski definition) is 2. The van der Waals surface area contributed by atoms with Crippen molar-refractivity contribution in [3.63, 3.8) is 0 Å². The topological polar surface area (TPSA) is 15.3 Å². The van der Waals surface area contributed by atoms with Crippen LogP contribution in [0.15, 0.2) is 0 Å². The Labute approximate surface area is 69.5 Å². The lowest BCUT2D eigenvalue weighted by atomic mass is 10.1. The quantitative estimate of drug-likeness (QED) is 0.492. The van der Waals surface area contributed by atoms with Crippen LogP contribution in [0.3, 0.4) is 0 Å². The first-order chi connectivity index (χ1) is 4.29. The van der Waals surface area contributed by atoms with Crippen LogP contribution in [-0.4, -0.2) is 28.3 Å². The average molecular weight is 238 g/mol. The minimum Gasteiger partial charge on any atom is -0.311 e. The Balaban J connectivity index is 2.16. The van der Waals surface area contributed by atoms with Crippen molar-refractivity contribution < 1.29 is 0 Å². The second kappa shape index (κ2) is 2.07. The predicted molar refractivity (Wildman–Crippen MR) is 45.5 cm³/mol. The number of rotatable bonds is 0. The summed E-state index contributed by atoms with van der Waals surface area (Å²) in [5.41, 5.74) is 0. The van der Waals surface area contributed by atoms with E-state index in [0.717, 1.165) is 18.0 Å². The van der Waals surface area contributed by atoms with Crippen LogP contribution in [0.1, 0.15) is 6.92 Å². The number of halogens is 1. The van der Waals surface area contributed by atoms with E-state index in [0.29, 0.717) is 0 Å². The molecule has 2 heterocycles. The van der Waals surface area contributed by atoms with E-state index in [4.69, 9.17) is 0 Å². The van der Waals surface area contributed by atoms with Crippen molar-refractivity contribution in [3.8, 4) is 0 Å². The molecular weight excluding hydrogens is 227 g/mol. The van der Waals surface area contributed by atoms with Crippen LogP contribution in [0.25, 0.3) is 0 Å². The van der Waals surface area contributed by atoms with Crippen molar-refractivity contribution >= 4 is 22.9 Å². The molecule has 0 aromatic heterocycles. The van der Waals surface area contributed by atoms with E-state index >= 15 is 0 Å².